The lowest BCUT2D eigenvalue weighted by atomic mass is 10.1. The molecule has 0 unspecified atom stereocenters. The molecule has 3 N–H and O–H groups in total. The van der Waals surface area contributed by atoms with E-state index in [1.165, 1.54) is 30.5 Å². The summed E-state index contributed by atoms with van der Waals surface area (Å²) in [4.78, 5) is 27.1. The summed E-state index contributed by atoms with van der Waals surface area (Å²) in [7, 11) is 0. The summed E-state index contributed by atoms with van der Waals surface area (Å²) >= 11 is 0. The lowest BCUT2D eigenvalue weighted by Gasteiger charge is -2.09. The Morgan fingerprint density at radius 3 is 1.76 bits per heavy atom. The number of rotatable bonds is 9. The van der Waals surface area contributed by atoms with Crippen molar-refractivity contribution in [2.24, 2.45) is 0 Å². The molecule has 4 aromatic heterocycles. The Morgan fingerprint density at radius 1 is 0.672 bits per heavy atom. The van der Waals surface area contributed by atoms with E-state index in [0.29, 0.717) is 61.7 Å². The second-order valence-electron chi connectivity index (χ2n) is 13.9. The summed E-state index contributed by atoms with van der Waals surface area (Å²) in [5.41, 5.74) is 4.09. The second-order valence-corrected chi connectivity index (χ2v) is 13.9. The molecule has 0 atom stereocenters. The highest BCUT2D eigenvalue weighted by molar-refractivity contribution is 6.10. The third-order valence-electron chi connectivity index (χ3n) is 10.1. The second kappa shape index (κ2) is 14.5. The Kier molecular flexibility index (Phi) is 9.46. The lowest BCUT2D eigenvalue weighted by molar-refractivity contribution is -0.661. The number of alkyl halides is 6. The van der Waals surface area contributed by atoms with Gasteiger partial charge in [0.2, 0.25) is 11.4 Å². The van der Waals surface area contributed by atoms with Crippen molar-refractivity contribution in [2.45, 2.75) is 39.3 Å². The van der Waals surface area contributed by atoms with Gasteiger partial charge in [0.15, 0.2) is 0 Å². The number of carbonyl (C=O) groups excluding carboxylic acids is 2. The lowest BCUT2D eigenvalue weighted by Crippen LogP contribution is -2.35. The number of nitrogens with zero attached hydrogens (tertiary/aromatic N) is 3. The summed E-state index contributed by atoms with van der Waals surface area (Å²) in [6.07, 6.45) is -2.45. The Balaban J connectivity index is 1.08. The number of hydrogen-bond acceptors (Lipinski definition) is 3. The van der Waals surface area contributed by atoms with E-state index in [2.05, 4.69) is 15.7 Å². The highest BCUT2D eigenvalue weighted by atomic mass is 19.4. The zero-order chi connectivity index (χ0) is 40.9. The van der Waals surface area contributed by atoms with Gasteiger partial charge in [-0.05, 0) is 60.5 Å². The maximum atomic E-state index is 13.8. The van der Waals surface area contributed by atoms with E-state index in [0.717, 1.165) is 35.2 Å². The molecule has 0 saturated heterocycles. The van der Waals surface area contributed by atoms with E-state index in [1.54, 1.807) is 43.2 Å². The predicted molar refractivity (Wildman–Crippen MR) is 205 cm³/mol. The van der Waals surface area contributed by atoms with Crippen LogP contribution in [0.5, 0.6) is 0 Å². The number of carbonyl (C=O) groups is 2. The van der Waals surface area contributed by atoms with Crippen LogP contribution < -0.4 is 15.3 Å². The summed E-state index contributed by atoms with van der Waals surface area (Å²) < 4.78 is 89.8. The Labute approximate surface area is 326 Å². The normalized spacial score (nSPS) is 12.1. The van der Waals surface area contributed by atoms with Crippen molar-refractivity contribution in [1.82, 2.24) is 14.2 Å². The van der Waals surface area contributed by atoms with E-state index < -0.39 is 35.3 Å². The van der Waals surface area contributed by atoms with Crippen molar-refractivity contribution in [1.29, 1.82) is 0 Å². The van der Waals surface area contributed by atoms with Gasteiger partial charge in [-0.15, -0.1) is 0 Å². The maximum absolute atomic E-state index is 13.8. The van der Waals surface area contributed by atoms with Crippen molar-refractivity contribution >= 4 is 45.0 Å². The minimum Gasteiger partial charge on any atom is -0.469 e. The van der Waals surface area contributed by atoms with Crippen LogP contribution in [0.3, 0.4) is 0 Å². The standard InChI is InChI=1S/C43H32F6N6O3/c1-25-35(41(57)51-36-23-53(38-6-4-3-5-33(36)38)21-27-7-11-29(12-8-27)42(44,45)46)20-50-55(25)31-15-16-39-34(19-31)37(52-40(56)32-17-18-58-26(32)2)24-54(39)22-28-9-13-30(14-10-28)43(47,48)49/h3-20,23-24H,21-22H2,1-2H3,(H2,51,52,56,57)/p+1. The zero-order valence-corrected chi connectivity index (χ0v) is 30.8. The number of amides is 2. The van der Waals surface area contributed by atoms with Gasteiger partial charge in [0.25, 0.3) is 11.8 Å². The molecular formula is C43H33F6N6O3+. The first-order valence-electron chi connectivity index (χ1n) is 17.9. The van der Waals surface area contributed by atoms with Gasteiger partial charge >= 0.3 is 12.4 Å². The fraction of sp³-hybridized carbons (Fsp3) is 0.140. The van der Waals surface area contributed by atoms with Gasteiger partial charge in [-0.1, -0.05) is 47.1 Å². The molecule has 0 bridgehead atoms. The molecule has 0 aliphatic rings. The third kappa shape index (κ3) is 7.33. The molecule has 0 fully saturated rings. The molecule has 0 saturated carbocycles. The minimum absolute atomic E-state index is 0.217. The van der Waals surface area contributed by atoms with Crippen LogP contribution in [-0.4, -0.2) is 26.0 Å². The highest BCUT2D eigenvalue weighted by Gasteiger charge is 2.31. The summed E-state index contributed by atoms with van der Waals surface area (Å²) in [6, 6.07) is 24.3. The number of fused-ring (bicyclic) bond motifs is 2. The van der Waals surface area contributed by atoms with Gasteiger partial charge in [0.1, 0.15) is 11.3 Å². The molecule has 4 aromatic carbocycles. The van der Waals surface area contributed by atoms with Crippen LogP contribution in [0, 0.1) is 13.8 Å². The summed E-state index contributed by atoms with van der Waals surface area (Å²) in [5.74, 6) is -0.385. The van der Waals surface area contributed by atoms with Crippen molar-refractivity contribution in [3.63, 3.8) is 0 Å². The van der Waals surface area contributed by atoms with Crippen LogP contribution in [0.1, 0.15) is 54.4 Å². The number of para-hydroxylation sites is 1. The monoisotopic (exact) mass is 795 g/mol. The molecule has 15 heteroatoms. The SMILES string of the molecule is Cc1occc1C(=O)Nc1cn(Cc2ccc(C(F)(F)F)cc2)c2ccc(-[n+]3[nH]cc(C(=O)Nc4cn(Cc5ccc(C(F)(F)F)cc5)c5ccccc45)c3C)cc12. The average Bonchev–Trinajstić information content (AvgIpc) is 3.96. The highest BCUT2D eigenvalue weighted by Crippen LogP contribution is 2.33. The number of aromatic amines is 1. The number of hydrogen-bond donors (Lipinski definition) is 3. The molecule has 0 spiro atoms. The Bertz CT molecular complexity index is 2820. The van der Waals surface area contributed by atoms with Crippen molar-refractivity contribution in [2.75, 3.05) is 10.6 Å². The van der Waals surface area contributed by atoms with Crippen molar-refractivity contribution in [3.8, 4) is 5.69 Å². The molecule has 58 heavy (non-hydrogen) atoms. The summed E-state index contributed by atoms with van der Waals surface area (Å²) in [5, 5.41) is 10.5. The number of furan rings is 1. The first kappa shape index (κ1) is 37.9. The Morgan fingerprint density at radius 2 is 1.21 bits per heavy atom. The fourth-order valence-electron chi connectivity index (χ4n) is 7.07. The van der Waals surface area contributed by atoms with E-state index in [1.807, 2.05) is 51.6 Å². The molecule has 0 aliphatic carbocycles. The number of anilines is 2. The van der Waals surface area contributed by atoms with E-state index in [-0.39, 0.29) is 13.1 Å². The van der Waals surface area contributed by atoms with Crippen LogP contribution in [0.25, 0.3) is 27.5 Å². The quantitative estimate of drug-likeness (QED) is 0.100. The van der Waals surface area contributed by atoms with E-state index in [4.69, 9.17) is 4.42 Å². The molecule has 0 aliphatic heterocycles. The summed E-state index contributed by atoms with van der Waals surface area (Å²) in [6.45, 7) is 3.93. The molecular weight excluding hydrogens is 762 g/mol. The van der Waals surface area contributed by atoms with Gasteiger partial charge in [-0.25, -0.2) is 0 Å². The number of H-pyrrole nitrogens is 1. The Hall–Kier alpha value is -7.03. The number of aromatic nitrogens is 4. The first-order valence-corrected chi connectivity index (χ1v) is 17.9. The largest absolute Gasteiger partial charge is 0.469 e. The van der Waals surface area contributed by atoms with Crippen molar-refractivity contribution in [3.05, 3.63) is 167 Å². The smallest absolute Gasteiger partial charge is 0.416 e. The first-order chi connectivity index (χ1) is 27.6. The van der Waals surface area contributed by atoms with Gasteiger partial charge in [-0.3, -0.25) is 9.59 Å². The van der Waals surface area contributed by atoms with Crippen LogP contribution in [0.4, 0.5) is 37.7 Å². The topological polar surface area (TPSA) is 101 Å². The number of nitrogens with one attached hydrogen (secondary N) is 3. The molecule has 2 amide bonds. The van der Waals surface area contributed by atoms with Gasteiger partial charge in [0, 0.05) is 55.3 Å². The molecule has 8 rings (SSSR count). The van der Waals surface area contributed by atoms with Crippen LogP contribution >= 0.6 is 0 Å². The molecule has 8 aromatic rings. The van der Waals surface area contributed by atoms with Gasteiger partial charge < -0.3 is 24.2 Å². The zero-order valence-electron chi connectivity index (χ0n) is 30.8. The molecule has 294 valence electrons. The minimum atomic E-state index is -4.47. The molecule has 9 nitrogen and oxygen atoms in total. The predicted octanol–water partition coefficient (Wildman–Crippen LogP) is 10.0. The average molecular weight is 796 g/mol. The van der Waals surface area contributed by atoms with E-state index in [9.17, 15) is 35.9 Å². The van der Waals surface area contributed by atoms with Crippen LogP contribution in [0.15, 0.2) is 126 Å². The van der Waals surface area contributed by atoms with Gasteiger partial charge in [-0.2, -0.15) is 31.4 Å². The third-order valence-corrected chi connectivity index (χ3v) is 10.1. The number of benzene rings is 4. The van der Waals surface area contributed by atoms with Crippen molar-refractivity contribution < 1.29 is 45.0 Å². The molecule has 4 heterocycles. The number of halogens is 6. The van der Waals surface area contributed by atoms with Gasteiger partial charge in [0.05, 0.1) is 51.6 Å². The maximum Gasteiger partial charge on any atom is 0.416 e. The van der Waals surface area contributed by atoms with Crippen LogP contribution in [-0.2, 0) is 25.4 Å². The van der Waals surface area contributed by atoms with E-state index >= 15 is 0 Å². The van der Waals surface area contributed by atoms with Crippen LogP contribution in [0.2, 0.25) is 0 Å². The molecule has 0 radical (unpaired) electrons. The fourth-order valence-corrected chi connectivity index (χ4v) is 7.07. The number of aryl methyl sites for hydroxylation is 1.